The smallest absolute Gasteiger partial charge is 0.269 e. The molecule has 0 bridgehead atoms. The van der Waals surface area contributed by atoms with Crippen molar-refractivity contribution < 1.29 is 4.92 Å². The Morgan fingerprint density at radius 1 is 1.33 bits per heavy atom. The number of nitrogens with zero attached hydrogens (tertiary/aromatic N) is 1. The molecule has 4 heteroatoms. The number of nitrogens with one attached hydrogen (secondary N) is 1. The molecule has 0 amide bonds. The molecule has 1 rings (SSSR count). The van der Waals surface area contributed by atoms with E-state index in [4.69, 9.17) is 0 Å². The van der Waals surface area contributed by atoms with Crippen molar-refractivity contribution >= 4 is 5.69 Å². The van der Waals surface area contributed by atoms with Crippen molar-refractivity contribution in [2.45, 2.75) is 45.6 Å². The normalized spacial score (nSPS) is 12.3. The molecule has 0 saturated heterocycles. The van der Waals surface area contributed by atoms with E-state index in [9.17, 15) is 10.1 Å². The molecule has 4 nitrogen and oxygen atoms in total. The van der Waals surface area contributed by atoms with E-state index in [0.29, 0.717) is 6.04 Å². The Labute approximate surface area is 109 Å². The van der Waals surface area contributed by atoms with Gasteiger partial charge in [-0.3, -0.25) is 10.1 Å². The first-order valence-corrected chi connectivity index (χ1v) is 6.64. The quantitative estimate of drug-likeness (QED) is 0.569. The van der Waals surface area contributed by atoms with Crippen LogP contribution in [0, 0.1) is 10.1 Å². The molecule has 0 heterocycles. The Morgan fingerprint density at radius 3 is 2.72 bits per heavy atom. The zero-order valence-corrected chi connectivity index (χ0v) is 11.2. The number of hydrogen-bond donors (Lipinski definition) is 1. The minimum absolute atomic E-state index is 0.183. The summed E-state index contributed by atoms with van der Waals surface area (Å²) in [7, 11) is 0. The molecule has 0 fully saturated rings. The second-order valence-electron chi connectivity index (χ2n) is 4.51. The minimum Gasteiger partial charge on any atom is -0.314 e. The molecule has 1 unspecified atom stereocenters. The van der Waals surface area contributed by atoms with Crippen LogP contribution in [0.15, 0.2) is 24.3 Å². The van der Waals surface area contributed by atoms with E-state index in [1.54, 1.807) is 12.1 Å². The number of hydrogen-bond acceptors (Lipinski definition) is 3. The summed E-state index contributed by atoms with van der Waals surface area (Å²) in [4.78, 5) is 10.4. The van der Waals surface area contributed by atoms with Crippen molar-refractivity contribution in [3.8, 4) is 0 Å². The fourth-order valence-corrected chi connectivity index (χ4v) is 2.15. The predicted octanol–water partition coefficient (Wildman–Crippen LogP) is 3.31. The Bertz CT molecular complexity index is 374. The van der Waals surface area contributed by atoms with E-state index in [1.165, 1.54) is 6.07 Å². The average Bonchev–Trinajstić information content (AvgIpc) is 2.37. The standard InChI is InChI=1S/C14H22N2O2/c1-3-6-13(15-4-2)10-9-12-7-5-8-14(11-12)16(17)18/h5,7-8,11,13,15H,3-4,6,9-10H2,1-2H3. The number of nitro benzene ring substituents is 1. The van der Waals surface area contributed by atoms with Crippen LogP contribution in [-0.2, 0) is 6.42 Å². The molecule has 1 N–H and O–H groups in total. The zero-order valence-electron chi connectivity index (χ0n) is 11.2. The third-order valence-electron chi connectivity index (χ3n) is 3.03. The maximum absolute atomic E-state index is 10.7. The molecule has 0 aliphatic rings. The summed E-state index contributed by atoms with van der Waals surface area (Å²) in [5, 5.41) is 14.1. The summed E-state index contributed by atoms with van der Waals surface area (Å²) in [5.74, 6) is 0. The van der Waals surface area contributed by atoms with Crippen LogP contribution in [0.1, 0.15) is 38.7 Å². The second kappa shape index (κ2) is 7.82. The van der Waals surface area contributed by atoms with Crippen molar-refractivity contribution in [3.05, 3.63) is 39.9 Å². The fourth-order valence-electron chi connectivity index (χ4n) is 2.15. The third kappa shape index (κ3) is 4.84. The molecule has 0 aliphatic carbocycles. The van der Waals surface area contributed by atoms with Crippen molar-refractivity contribution in [1.29, 1.82) is 0 Å². The molecule has 0 radical (unpaired) electrons. The monoisotopic (exact) mass is 250 g/mol. The molecular formula is C14H22N2O2. The lowest BCUT2D eigenvalue weighted by Gasteiger charge is -2.16. The van der Waals surface area contributed by atoms with Gasteiger partial charge in [0.1, 0.15) is 0 Å². The topological polar surface area (TPSA) is 55.2 Å². The maximum atomic E-state index is 10.7. The lowest BCUT2D eigenvalue weighted by atomic mass is 10.0. The molecule has 1 aromatic rings. The van der Waals surface area contributed by atoms with E-state index in [2.05, 4.69) is 19.2 Å². The SMILES string of the molecule is CCCC(CCc1cccc([N+](=O)[O-])c1)NCC. The molecule has 0 aromatic heterocycles. The van der Waals surface area contributed by atoms with Crippen LogP contribution in [0.5, 0.6) is 0 Å². The predicted molar refractivity (Wildman–Crippen MR) is 73.8 cm³/mol. The summed E-state index contributed by atoms with van der Waals surface area (Å²) >= 11 is 0. The van der Waals surface area contributed by atoms with Crippen molar-refractivity contribution in [2.75, 3.05) is 6.54 Å². The van der Waals surface area contributed by atoms with Crippen LogP contribution < -0.4 is 5.32 Å². The first-order valence-electron chi connectivity index (χ1n) is 6.64. The van der Waals surface area contributed by atoms with Gasteiger partial charge in [0.05, 0.1) is 4.92 Å². The van der Waals surface area contributed by atoms with E-state index in [0.717, 1.165) is 37.8 Å². The highest BCUT2D eigenvalue weighted by molar-refractivity contribution is 5.34. The lowest BCUT2D eigenvalue weighted by molar-refractivity contribution is -0.384. The third-order valence-corrected chi connectivity index (χ3v) is 3.03. The number of benzene rings is 1. The first-order chi connectivity index (χ1) is 8.67. The molecule has 1 atom stereocenters. The number of nitro groups is 1. The molecular weight excluding hydrogens is 228 g/mol. The Balaban J connectivity index is 2.55. The van der Waals surface area contributed by atoms with Gasteiger partial charge in [0, 0.05) is 18.2 Å². The number of rotatable bonds is 8. The molecule has 0 aliphatic heterocycles. The van der Waals surface area contributed by atoms with Crippen molar-refractivity contribution in [1.82, 2.24) is 5.32 Å². The molecule has 1 aromatic carbocycles. The molecule has 18 heavy (non-hydrogen) atoms. The van der Waals surface area contributed by atoms with Crippen LogP contribution in [0.4, 0.5) is 5.69 Å². The fraction of sp³-hybridized carbons (Fsp3) is 0.571. The Morgan fingerprint density at radius 2 is 2.11 bits per heavy atom. The largest absolute Gasteiger partial charge is 0.314 e. The van der Waals surface area contributed by atoms with Crippen LogP contribution >= 0.6 is 0 Å². The maximum Gasteiger partial charge on any atom is 0.269 e. The van der Waals surface area contributed by atoms with Crippen molar-refractivity contribution in [2.24, 2.45) is 0 Å². The van der Waals surface area contributed by atoms with Crippen LogP contribution in [-0.4, -0.2) is 17.5 Å². The summed E-state index contributed by atoms with van der Waals surface area (Å²) < 4.78 is 0. The van der Waals surface area contributed by atoms with Gasteiger partial charge in [-0.15, -0.1) is 0 Å². The minimum atomic E-state index is -0.336. The van der Waals surface area contributed by atoms with Crippen LogP contribution in [0.3, 0.4) is 0 Å². The summed E-state index contributed by atoms with van der Waals surface area (Å²) in [6.07, 6.45) is 4.23. The van der Waals surface area contributed by atoms with Crippen LogP contribution in [0.2, 0.25) is 0 Å². The highest BCUT2D eigenvalue weighted by atomic mass is 16.6. The summed E-state index contributed by atoms with van der Waals surface area (Å²) in [6.45, 7) is 5.26. The average molecular weight is 250 g/mol. The van der Waals surface area contributed by atoms with Crippen LogP contribution in [0.25, 0.3) is 0 Å². The van der Waals surface area contributed by atoms with Gasteiger partial charge >= 0.3 is 0 Å². The highest BCUT2D eigenvalue weighted by Gasteiger charge is 2.09. The van der Waals surface area contributed by atoms with Gasteiger partial charge in [-0.1, -0.05) is 32.4 Å². The molecule has 100 valence electrons. The Hall–Kier alpha value is -1.42. The number of non-ortho nitro benzene ring substituents is 1. The van der Waals surface area contributed by atoms with E-state index in [1.807, 2.05) is 6.07 Å². The van der Waals surface area contributed by atoms with E-state index in [-0.39, 0.29) is 10.6 Å². The molecule has 0 saturated carbocycles. The van der Waals surface area contributed by atoms with Gasteiger partial charge in [0.25, 0.3) is 5.69 Å². The highest BCUT2D eigenvalue weighted by Crippen LogP contribution is 2.15. The molecule has 0 spiro atoms. The van der Waals surface area contributed by atoms with E-state index >= 15 is 0 Å². The zero-order chi connectivity index (χ0) is 13.4. The van der Waals surface area contributed by atoms with Gasteiger partial charge in [-0.05, 0) is 31.4 Å². The van der Waals surface area contributed by atoms with Gasteiger partial charge in [0.15, 0.2) is 0 Å². The summed E-state index contributed by atoms with van der Waals surface area (Å²) in [6, 6.07) is 7.45. The first kappa shape index (κ1) is 14.6. The number of aryl methyl sites for hydroxylation is 1. The summed E-state index contributed by atoms with van der Waals surface area (Å²) in [5.41, 5.74) is 1.23. The van der Waals surface area contributed by atoms with Gasteiger partial charge in [-0.2, -0.15) is 0 Å². The van der Waals surface area contributed by atoms with Gasteiger partial charge < -0.3 is 5.32 Å². The van der Waals surface area contributed by atoms with Gasteiger partial charge in [0.2, 0.25) is 0 Å². The second-order valence-corrected chi connectivity index (χ2v) is 4.51. The van der Waals surface area contributed by atoms with E-state index < -0.39 is 0 Å². The lowest BCUT2D eigenvalue weighted by Crippen LogP contribution is -2.29. The van der Waals surface area contributed by atoms with Gasteiger partial charge in [-0.25, -0.2) is 0 Å². The Kier molecular flexibility index (Phi) is 6.36. The van der Waals surface area contributed by atoms with Crippen molar-refractivity contribution in [3.63, 3.8) is 0 Å².